The van der Waals surface area contributed by atoms with Gasteiger partial charge in [-0.05, 0) is 61.5 Å². The first kappa shape index (κ1) is 20.9. The number of ketones is 1. The van der Waals surface area contributed by atoms with Crippen molar-refractivity contribution in [1.82, 2.24) is 0 Å². The van der Waals surface area contributed by atoms with Gasteiger partial charge in [0.2, 0.25) is 5.78 Å². The Kier molecular flexibility index (Phi) is 6.70. The van der Waals surface area contributed by atoms with Crippen molar-refractivity contribution in [3.8, 4) is 17.2 Å². The highest BCUT2D eigenvalue weighted by Crippen LogP contribution is 2.22. The molecule has 6 nitrogen and oxygen atoms in total. The average Bonchev–Trinajstić information content (AvgIpc) is 2.78. The van der Waals surface area contributed by atoms with E-state index in [4.69, 9.17) is 14.2 Å². The van der Waals surface area contributed by atoms with Gasteiger partial charge in [-0.15, -0.1) is 0 Å². The Labute approximate surface area is 175 Å². The van der Waals surface area contributed by atoms with Crippen molar-refractivity contribution in [3.05, 3.63) is 83.9 Å². The van der Waals surface area contributed by atoms with E-state index in [0.717, 1.165) is 0 Å². The summed E-state index contributed by atoms with van der Waals surface area (Å²) in [5, 5.41) is 2.82. The maximum Gasteiger partial charge on any atom is 0.255 e. The number of rotatable bonds is 8. The fourth-order valence-electron chi connectivity index (χ4n) is 2.86. The Morgan fingerprint density at radius 2 is 1.43 bits per heavy atom. The van der Waals surface area contributed by atoms with Crippen LogP contribution in [-0.4, -0.2) is 32.0 Å². The van der Waals surface area contributed by atoms with Gasteiger partial charge in [-0.25, -0.2) is 0 Å². The Balaban J connectivity index is 1.66. The van der Waals surface area contributed by atoms with Gasteiger partial charge in [0.15, 0.2) is 6.10 Å². The molecule has 0 spiro atoms. The standard InChI is InChI=1S/C24H23NO5/c1-16(23(26)17-10-12-20(28-2)13-11-17)30-22-9-5-7-19(15-22)25-24(27)18-6-4-8-21(14-18)29-3/h4-16H,1-3H3,(H,25,27)/t16-/m0/s1. The fourth-order valence-corrected chi connectivity index (χ4v) is 2.86. The molecule has 0 aromatic heterocycles. The van der Waals surface area contributed by atoms with E-state index in [9.17, 15) is 9.59 Å². The summed E-state index contributed by atoms with van der Waals surface area (Å²) in [6.45, 7) is 1.69. The number of ether oxygens (including phenoxy) is 3. The van der Waals surface area contributed by atoms with Gasteiger partial charge in [0, 0.05) is 22.9 Å². The van der Waals surface area contributed by atoms with Crippen LogP contribution in [0.3, 0.4) is 0 Å². The topological polar surface area (TPSA) is 73.9 Å². The number of amides is 1. The zero-order chi connectivity index (χ0) is 21.5. The van der Waals surface area contributed by atoms with Crippen LogP contribution in [0.15, 0.2) is 72.8 Å². The summed E-state index contributed by atoms with van der Waals surface area (Å²) in [6.07, 6.45) is -0.692. The van der Waals surface area contributed by atoms with Crippen LogP contribution in [0.5, 0.6) is 17.2 Å². The van der Waals surface area contributed by atoms with Gasteiger partial charge in [0.25, 0.3) is 5.91 Å². The molecule has 6 heteroatoms. The summed E-state index contributed by atoms with van der Waals surface area (Å²) in [5.41, 5.74) is 1.57. The van der Waals surface area contributed by atoms with Crippen molar-refractivity contribution >= 4 is 17.4 Å². The molecule has 1 N–H and O–H groups in total. The third kappa shape index (κ3) is 5.17. The zero-order valence-electron chi connectivity index (χ0n) is 17.0. The molecule has 0 bridgehead atoms. The number of carbonyl (C=O) groups excluding carboxylic acids is 2. The summed E-state index contributed by atoms with van der Waals surface area (Å²) < 4.78 is 16.1. The maximum absolute atomic E-state index is 12.6. The second-order valence-electron chi connectivity index (χ2n) is 6.57. The number of methoxy groups -OCH3 is 2. The molecule has 0 heterocycles. The van der Waals surface area contributed by atoms with Crippen LogP contribution in [-0.2, 0) is 0 Å². The minimum atomic E-state index is -0.692. The van der Waals surface area contributed by atoms with Crippen LogP contribution in [0.25, 0.3) is 0 Å². The van der Waals surface area contributed by atoms with Crippen molar-refractivity contribution in [3.63, 3.8) is 0 Å². The molecule has 0 fully saturated rings. The normalized spacial score (nSPS) is 11.3. The Morgan fingerprint density at radius 3 is 2.13 bits per heavy atom. The molecular weight excluding hydrogens is 382 g/mol. The Bertz CT molecular complexity index is 1030. The first-order chi connectivity index (χ1) is 14.5. The van der Waals surface area contributed by atoms with E-state index in [1.807, 2.05) is 0 Å². The van der Waals surface area contributed by atoms with Crippen LogP contribution in [0.1, 0.15) is 27.6 Å². The number of carbonyl (C=O) groups is 2. The van der Waals surface area contributed by atoms with Crippen molar-refractivity contribution < 1.29 is 23.8 Å². The summed E-state index contributed by atoms with van der Waals surface area (Å²) in [5.74, 6) is 1.34. The highest BCUT2D eigenvalue weighted by molar-refractivity contribution is 6.04. The summed E-state index contributed by atoms with van der Waals surface area (Å²) >= 11 is 0. The summed E-state index contributed by atoms with van der Waals surface area (Å²) in [4.78, 5) is 25.1. The minimum absolute atomic E-state index is 0.150. The molecule has 0 saturated heterocycles. The molecule has 0 aliphatic carbocycles. The van der Waals surface area contributed by atoms with Gasteiger partial charge in [0.05, 0.1) is 14.2 Å². The molecule has 1 atom stereocenters. The predicted octanol–water partition coefficient (Wildman–Crippen LogP) is 4.61. The molecule has 0 aliphatic heterocycles. The van der Waals surface area contributed by atoms with E-state index in [1.165, 1.54) is 0 Å². The Morgan fingerprint density at radius 1 is 0.767 bits per heavy atom. The molecule has 0 unspecified atom stereocenters. The van der Waals surface area contributed by atoms with E-state index < -0.39 is 6.10 Å². The van der Waals surface area contributed by atoms with Crippen molar-refractivity contribution in [2.24, 2.45) is 0 Å². The lowest BCUT2D eigenvalue weighted by molar-refractivity contribution is 0.0818. The fraction of sp³-hybridized carbons (Fsp3) is 0.167. The molecule has 3 aromatic rings. The van der Waals surface area contributed by atoms with Crippen molar-refractivity contribution in [2.45, 2.75) is 13.0 Å². The lowest BCUT2D eigenvalue weighted by Gasteiger charge is -2.15. The van der Waals surface area contributed by atoms with Gasteiger partial charge in [-0.3, -0.25) is 9.59 Å². The van der Waals surface area contributed by atoms with Gasteiger partial charge in [-0.1, -0.05) is 12.1 Å². The van der Waals surface area contributed by atoms with Crippen molar-refractivity contribution in [1.29, 1.82) is 0 Å². The third-order valence-corrected chi connectivity index (χ3v) is 4.48. The molecule has 1 amide bonds. The van der Waals surface area contributed by atoms with Crippen LogP contribution < -0.4 is 19.5 Å². The molecular formula is C24H23NO5. The number of Topliss-reactive ketones (excluding diaryl/α,β-unsaturated/α-hetero) is 1. The van der Waals surface area contributed by atoms with Crippen LogP contribution in [0.4, 0.5) is 5.69 Å². The molecule has 3 aromatic carbocycles. The number of hydrogen-bond donors (Lipinski definition) is 1. The predicted molar refractivity (Wildman–Crippen MR) is 115 cm³/mol. The quantitative estimate of drug-likeness (QED) is 0.554. The number of hydrogen-bond acceptors (Lipinski definition) is 5. The second-order valence-corrected chi connectivity index (χ2v) is 6.57. The second kappa shape index (κ2) is 9.60. The third-order valence-electron chi connectivity index (χ3n) is 4.48. The molecule has 0 aliphatic rings. The van der Waals surface area contributed by atoms with E-state index in [0.29, 0.717) is 34.1 Å². The number of anilines is 1. The van der Waals surface area contributed by atoms with E-state index in [-0.39, 0.29) is 11.7 Å². The molecule has 0 saturated carbocycles. The first-order valence-corrected chi connectivity index (χ1v) is 9.40. The van der Waals surface area contributed by atoms with Gasteiger partial charge >= 0.3 is 0 Å². The summed E-state index contributed by atoms with van der Waals surface area (Å²) in [7, 11) is 3.12. The van der Waals surface area contributed by atoms with Crippen molar-refractivity contribution in [2.75, 3.05) is 19.5 Å². The molecule has 30 heavy (non-hydrogen) atoms. The monoisotopic (exact) mass is 405 g/mol. The van der Waals surface area contributed by atoms with Crippen LogP contribution >= 0.6 is 0 Å². The maximum atomic E-state index is 12.6. The van der Waals surface area contributed by atoms with Crippen LogP contribution in [0, 0.1) is 0 Å². The van der Waals surface area contributed by atoms with Crippen LogP contribution in [0.2, 0.25) is 0 Å². The average molecular weight is 405 g/mol. The largest absolute Gasteiger partial charge is 0.497 e. The lowest BCUT2D eigenvalue weighted by atomic mass is 10.1. The van der Waals surface area contributed by atoms with Gasteiger partial charge in [0.1, 0.15) is 17.2 Å². The van der Waals surface area contributed by atoms with Gasteiger partial charge < -0.3 is 19.5 Å². The lowest BCUT2D eigenvalue weighted by Crippen LogP contribution is -2.24. The Hall–Kier alpha value is -3.80. The van der Waals surface area contributed by atoms with Gasteiger partial charge in [-0.2, -0.15) is 0 Å². The van der Waals surface area contributed by atoms with E-state index >= 15 is 0 Å². The SMILES string of the molecule is COc1ccc(C(=O)[C@H](C)Oc2cccc(NC(=O)c3cccc(OC)c3)c2)cc1. The molecule has 0 radical (unpaired) electrons. The molecule has 3 rings (SSSR count). The highest BCUT2D eigenvalue weighted by atomic mass is 16.5. The minimum Gasteiger partial charge on any atom is -0.497 e. The zero-order valence-corrected chi connectivity index (χ0v) is 17.0. The van der Waals surface area contributed by atoms with E-state index in [1.54, 1.807) is 93.9 Å². The molecule has 154 valence electrons. The smallest absolute Gasteiger partial charge is 0.255 e. The van der Waals surface area contributed by atoms with E-state index in [2.05, 4.69) is 5.32 Å². The highest BCUT2D eigenvalue weighted by Gasteiger charge is 2.17. The number of nitrogens with one attached hydrogen (secondary N) is 1. The summed E-state index contributed by atoms with van der Waals surface area (Å²) in [6, 6.07) is 20.7. The number of benzene rings is 3. The first-order valence-electron chi connectivity index (χ1n) is 9.40.